The summed E-state index contributed by atoms with van der Waals surface area (Å²) in [6, 6.07) is 7.69. The molecule has 0 saturated carbocycles. The van der Waals surface area contributed by atoms with E-state index in [2.05, 4.69) is 0 Å². The van der Waals surface area contributed by atoms with Gasteiger partial charge in [-0.1, -0.05) is 38.1 Å². The number of esters is 1. The van der Waals surface area contributed by atoms with Crippen LogP contribution in [0.2, 0.25) is 0 Å². The highest BCUT2D eigenvalue weighted by atomic mass is 16.5. The van der Waals surface area contributed by atoms with Gasteiger partial charge in [0, 0.05) is 6.54 Å². The lowest BCUT2D eigenvalue weighted by atomic mass is 10.0. The van der Waals surface area contributed by atoms with Gasteiger partial charge < -0.3 is 10.5 Å². The van der Waals surface area contributed by atoms with E-state index >= 15 is 0 Å². The van der Waals surface area contributed by atoms with Gasteiger partial charge in [0.15, 0.2) is 0 Å². The predicted molar refractivity (Wildman–Crippen MR) is 68.4 cm³/mol. The summed E-state index contributed by atoms with van der Waals surface area (Å²) in [5.41, 5.74) is 7.58. The highest BCUT2D eigenvalue weighted by molar-refractivity contribution is 5.73. The van der Waals surface area contributed by atoms with Crippen molar-refractivity contribution in [3.63, 3.8) is 0 Å². The number of ether oxygens (including phenoxy) is 1. The van der Waals surface area contributed by atoms with Crippen LogP contribution in [0.1, 0.15) is 31.9 Å². The van der Waals surface area contributed by atoms with E-state index in [9.17, 15) is 4.79 Å². The van der Waals surface area contributed by atoms with E-state index in [-0.39, 0.29) is 12.1 Å². The fraction of sp³-hybridized carbons (Fsp3) is 0.500. The minimum Gasteiger partial charge on any atom is -0.462 e. The van der Waals surface area contributed by atoms with Crippen LogP contribution in [0.15, 0.2) is 24.3 Å². The molecule has 0 amide bonds. The lowest BCUT2D eigenvalue weighted by Gasteiger charge is -2.17. The zero-order chi connectivity index (χ0) is 12.8. The molecule has 1 unspecified atom stereocenters. The third-order valence-electron chi connectivity index (χ3n) is 2.93. The molecule has 0 aliphatic heterocycles. The zero-order valence-electron chi connectivity index (χ0n) is 10.8. The molecule has 2 N–H and O–H groups in total. The fourth-order valence-corrected chi connectivity index (χ4v) is 1.47. The number of hydrogen-bond acceptors (Lipinski definition) is 3. The molecule has 1 rings (SSSR count). The quantitative estimate of drug-likeness (QED) is 0.796. The van der Waals surface area contributed by atoms with Gasteiger partial charge in [0.2, 0.25) is 0 Å². The molecule has 3 heteroatoms. The Kier molecular flexibility index (Phi) is 5.16. The summed E-state index contributed by atoms with van der Waals surface area (Å²) in [5.74, 6) is 0.149. The Hall–Kier alpha value is -1.35. The second-order valence-corrected chi connectivity index (χ2v) is 4.59. The number of rotatable bonds is 5. The van der Waals surface area contributed by atoms with Crippen LogP contribution in [-0.2, 0) is 22.5 Å². The SMILES string of the molecule is CC(C)C(C)OC(=O)Cc1ccccc1CN. The molecule has 1 aromatic carbocycles. The van der Waals surface area contributed by atoms with Gasteiger partial charge in [-0.25, -0.2) is 0 Å². The van der Waals surface area contributed by atoms with Crippen molar-refractivity contribution >= 4 is 5.97 Å². The third kappa shape index (κ3) is 4.19. The monoisotopic (exact) mass is 235 g/mol. The summed E-state index contributed by atoms with van der Waals surface area (Å²) in [5, 5.41) is 0. The Morgan fingerprint density at radius 2 is 1.82 bits per heavy atom. The number of nitrogens with two attached hydrogens (primary N) is 1. The minimum absolute atomic E-state index is 0.0486. The van der Waals surface area contributed by atoms with Gasteiger partial charge in [0.1, 0.15) is 6.10 Å². The lowest BCUT2D eigenvalue weighted by Crippen LogP contribution is -2.21. The van der Waals surface area contributed by atoms with E-state index in [4.69, 9.17) is 10.5 Å². The fourth-order valence-electron chi connectivity index (χ4n) is 1.47. The van der Waals surface area contributed by atoms with Gasteiger partial charge >= 0.3 is 5.97 Å². The lowest BCUT2D eigenvalue weighted by molar-refractivity contribution is -0.149. The van der Waals surface area contributed by atoms with Crippen LogP contribution in [0.4, 0.5) is 0 Å². The molecule has 0 radical (unpaired) electrons. The number of carbonyl (C=O) groups is 1. The number of carbonyl (C=O) groups excluding carboxylic acids is 1. The van der Waals surface area contributed by atoms with Crippen molar-refractivity contribution in [3.05, 3.63) is 35.4 Å². The molecule has 17 heavy (non-hydrogen) atoms. The smallest absolute Gasteiger partial charge is 0.310 e. The predicted octanol–water partition coefficient (Wildman–Crippen LogP) is 2.28. The Balaban J connectivity index is 2.62. The average molecular weight is 235 g/mol. The molecular weight excluding hydrogens is 214 g/mol. The van der Waals surface area contributed by atoms with Gasteiger partial charge in [0.05, 0.1) is 6.42 Å². The van der Waals surface area contributed by atoms with Gasteiger partial charge in [-0.15, -0.1) is 0 Å². The summed E-state index contributed by atoms with van der Waals surface area (Å²) < 4.78 is 5.34. The molecular formula is C14H21NO2. The van der Waals surface area contributed by atoms with Crippen LogP contribution in [0.5, 0.6) is 0 Å². The standard InChI is InChI=1S/C14H21NO2/c1-10(2)11(3)17-14(16)8-12-6-4-5-7-13(12)9-15/h4-7,10-11H,8-9,15H2,1-3H3. The van der Waals surface area contributed by atoms with E-state index in [1.165, 1.54) is 0 Å². The van der Waals surface area contributed by atoms with E-state index < -0.39 is 0 Å². The molecule has 0 aromatic heterocycles. The Bertz CT molecular complexity index is 374. The van der Waals surface area contributed by atoms with Crippen molar-refractivity contribution in [1.82, 2.24) is 0 Å². The molecule has 0 bridgehead atoms. The summed E-state index contributed by atoms with van der Waals surface area (Å²) in [6.45, 7) is 6.43. The van der Waals surface area contributed by atoms with Crippen molar-refractivity contribution < 1.29 is 9.53 Å². The highest BCUT2D eigenvalue weighted by Gasteiger charge is 2.14. The highest BCUT2D eigenvalue weighted by Crippen LogP contribution is 2.12. The van der Waals surface area contributed by atoms with Crippen LogP contribution < -0.4 is 5.73 Å². The summed E-state index contributed by atoms with van der Waals surface area (Å²) in [6.07, 6.45) is 0.247. The topological polar surface area (TPSA) is 52.3 Å². The summed E-state index contributed by atoms with van der Waals surface area (Å²) in [4.78, 5) is 11.7. The van der Waals surface area contributed by atoms with Crippen molar-refractivity contribution in [2.75, 3.05) is 0 Å². The molecule has 1 atom stereocenters. The molecule has 0 aliphatic carbocycles. The molecule has 0 saturated heterocycles. The van der Waals surface area contributed by atoms with E-state index in [1.54, 1.807) is 0 Å². The first-order valence-electron chi connectivity index (χ1n) is 6.01. The van der Waals surface area contributed by atoms with Crippen LogP contribution in [-0.4, -0.2) is 12.1 Å². The maximum Gasteiger partial charge on any atom is 0.310 e. The molecule has 94 valence electrons. The summed E-state index contributed by atoms with van der Waals surface area (Å²) in [7, 11) is 0. The van der Waals surface area contributed by atoms with Gasteiger partial charge in [-0.05, 0) is 24.0 Å². The first-order chi connectivity index (χ1) is 8.04. The molecule has 0 fully saturated rings. The van der Waals surface area contributed by atoms with Gasteiger partial charge in [-0.3, -0.25) is 4.79 Å². The number of benzene rings is 1. The zero-order valence-corrected chi connectivity index (χ0v) is 10.8. The van der Waals surface area contributed by atoms with Crippen LogP contribution in [0.25, 0.3) is 0 Å². The van der Waals surface area contributed by atoms with Crippen LogP contribution in [0, 0.1) is 5.92 Å². The van der Waals surface area contributed by atoms with Crippen LogP contribution >= 0.6 is 0 Å². The maximum atomic E-state index is 11.7. The minimum atomic E-state index is -0.188. The third-order valence-corrected chi connectivity index (χ3v) is 2.93. The molecule has 0 heterocycles. The average Bonchev–Trinajstić information content (AvgIpc) is 2.29. The Morgan fingerprint density at radius 1 is 1.24 bits per heavy atom. The molecule has 1 aromatic rings. The van der Waals surface area contributed by atoms with Gasteiger partial charge in [0.25, 0.3) is 0 Å². The van der Waals surface area contributed by atoms with Crippen molar-refractivity contribution in [3.8, 4) is 0 Å². The van der Waals surface area contributed by atoms with Crippen molar-refractivity contribution in [1.29, 1.82) is 0 Å². The van der Waals surface area contributed by atoms with Crippen molar-refractivity contribution in [2.45, 2.75) is 39.8 Å². The van der Waals surface area contributed by atoms with E-state index in [1.807, 2.05) is 45.0 Å². The molecule has 0 spiro atoms. The van der Waals surface area contributed by atoms with E-state index in [0.717, 1.165) is 11.1 Å². The van der Waals surface area contributed by atoms with Crippen LogP contribution in [0.3, 0.4) is 0 Å². The second-order valence-electron chi connectivity index (χ2n) is 4.59. The Morgan fingerprint density at radius 3 is 2.35 bits per heavy atom. The van der Waals surface area contributed by atoms with Gasteiger partial charge in [-0.2, -0.15) is 0 Å². The van der Waals surface area contributed by atoms with Crippen molar-refractivity contribution in [2.24, 2.45) is 11.7 Å². The normalized spacial score (nSPS) is 12.5. The maximum absolute atomic E-state index is 11.7. The largest absolute Gasteiger partial charge is 0.462 e. The number of hydrogen-bond donors (Lipinski definition) is 1. The molecule has 3 nitrogen and oxygen atoms in total. The summed E-state index contributed by atoms with van der Waals surface area (Å²) >= 11 is 0. The van der Waals surface area contributed by atoms with E-state index in [0.29, 0.717) is 18.9 Å². The molecule has 0 aliphatic rings. The Labute approximate surface area is 103 Å². The first kappa shape index (κ1) is 13.7. The second kappa shape index (κ2) is 6.40. The first-order valence-corrected chi connectivity index (χ1v) is 6.01.